The Morgan fingerprint density at radius 2 is 1.61 bits per heavy atom. The lowest BCUT2D eigenvalue weighted by Crippen LogP contribution is -2.26. The zero-order valence-corrected chi connectivity index (χ0v) is 17.4. The van der Waals surface area contributed by atoms with E-state index in [1.54, 1.807) is 6.07 Å². The number of nitrogens with two attached hydrogens (primary N) is 2. The van der Waals surface area contributed by atoms with E-state index in [2.05, 4.69) is 41.4 Å². The minimum atomic E-state index is -0.434. The van der Waals surface area contributed by atoms with E-state index >= 15 is 0 Å². The molecule has 31 heavy (non-hydrogen) atoms. The number of aryl methyl sites for hydroxylation is 1. The zero-order valence-electron chi connectivity index (χ0n) is 17.4. The van der Waals surface area contributed by atoms with Crippen LogP contribution in [0.15, 0.2) is 60.7 Å². The molecule has 0 saturated heterocycles. The number of fused-ring (bicyclic) bond motifs is 3. The number of carbonyl (C=O) groups excluding carboxylic acids is 1. The fourth-order valence-corrected chi connectivity index (χ4v) is 3.92. The molecule has 0 aromatic heterocycles. The standard InChI is InChI=1S/C26H25N3O2/c1-17-14-24(27)25(28)15-18(17)8-6-7-13-29-26(30)31-16-23-21-11-4-2-9-19(21)20-10-3-5-12-22(20)23/h2-5,9-12,14-15,23H,7,13,16,27-28H2,1H3,(H,29,30). The largest absolute Gasteiger partial charge is 0.449 e. The SMILES string of the molecule is Cc1cc(N)c(N)cc1C#CCCNC(=O)OCC1c2ccccc2-c2ccccc21. The van der Waals surface area contributed by atoms with Gasteiger partial charge in [-0.3, -0.25) is 0 Å². The van der Waals surface area contributed by atoms with Crippen LogP contribution in [0, 0.1) is 18.8 Å². The highest BCUT2D eigenvalue weighted by atomic mass is 16.5. The Kier molecular flexibility index (Phi) is 5.81. The Balaban J connectivity index is 1.30. The predicted octanol–water partition coefficient (Wildman–Crippen LogP) is 4.44. The van der Waals surface area contributed by atoms with Crippen molar-refractivity contribution in [2.24, 2.45) is 0 Å². The van der Waals surface area contributed by atoms with Crippen LogP contribution in [-0.2, 0) is 4.74 Å². The molecule has 1 aliphatic carbocycles. The summed E-state index contributed by atoms with van der Waals surface area (Å²) in [4.78, 5) is 12.2. The van der Waals surface area contributed by atoms with E-state index in [0.717, 1.165) is 11.1 Å². The van der Waals surface area contributed by atoms with Crippen molar-refractivity contribution in [3.8, 4) is 23.0 Å². The molecule has 156 valence electrons. The number of ether oxygens (including phenoxy) is 1. The van der Waals surface area contributed by atoms with Crippen molar-refractivity contribution < 1.29 is 9.53 Å². The fraction of sp³-hybridized carbons (Fsp3) is 0.192. The molecule has 3 aromatic carbocycles. The molecule has 0 spiro atoms. The second kappa shape index (κ2) is 8.85. The molecule has 0 radical (unpaired) electrons. The minimum absolute atomic E-state index is 0.0527. The van der Waals surface area contributed by atoms with Gasteiger partial charge >= 0.3 is 6.09 Å². The summed E-state index contributed by atoms with van der Waals surface area (Å²) >= 11 is 0. The normalized spacial score (nSPS) is 11.8. The lowest BCUT2D eigenvalue weighted by molar-refractivity contribution is 0.143. The van der Waals surface area contributed by atoms with Gasteiger partial charge in [0.05, 0.1) is 11.4 Å². The van der Waals surface area contributed by atoms with Crippen LogP contribution in [0.4, 0.5) is 16.2 Å². The summed E-state index contributed by atoms with van der Waals surface area (Å²) in [6, 6.07) is 20.1. The van der Waals surface area contributed by atoms with Crippen molar-refractivity contribution >= 4 is 17.5 Å². The first-order valence-electron chi connectivity index (χ1n) is 10.3. The van der Waals surface area contributed by atoms with Crippen LogP contribution >= 0.6 is 0 Å². The number of amides is 1. The number of carbonyl (C=O) groups is 1. The quantitative estimate of drug-likeness (QED) is 0.336. The molecule has 0 heterocycles. The number of hydrogen-bond acceptors (Lipinski definition) is 4. The van der Waals surface area contributed by atoms with Gasteiger partial charge in [-0.1, -0.05) is 60.4 Å². The van der Waals surface area contributed by atoms with E-state index in [1.165, 1.54) is 22.3 Å². The summed E-state index contributed by atoms with van der Waals surface area (Å²) in [5, 5.41) is 2.77. The molecule has 0 saturated carbocycles. The van der Waals surface area contributed by atoms with Crippen LogP contribution < -0.4 is 16.8 Å². The lowest BCUT2D eigenvalue weighted by atomic mass is 9.98. The van der Waals surface area contributed by atoms with E-state index in [1.807, 2.05) is 37.3 Å². The van der Waals surface area contributed by atoms with Crippen molar-refractivity contribution in [3.63, 3.8) is 0 Å². The Morgan fingerprint density at radius 3 is 2.29 bits per heavy atom. The smallest absolute Gasteiger partial charge is 0.407 e. The van der Waals surface area contributed by atoms with Gasteiger partial charge in [-0.05, 0) is 46.9 Å². The summed E-state index contributed by atoms with van der Waals surface area (Å²) in [6.45, 7) is 2.65. The van der Waals surface area contributed by atoms with Gasteiger partial charge in [0.15, 0.2) is 0 Å². The number of hydrogen-bond donors (Lipinski definition) is 3. The molecule has 1 amide bonds. The second-order valence-corrected chi connectivity index (χ2v) is 7.60. The van der Waals surface area contributed by atoms with Crippen molar-refractivity contribution in [2.45, 2.75) is 19.3 Å². The Bertz CT molecular complexity index is 1150. The van der Waals surface area contributed by atoms with Crippen LogP contribution in [-0.4, -0.2) is 19.2 Å². The van der Waals surface area contributed by atoms with Gasteiger partial charge < -0.3 is 21.5 Å². The van der Waals surface area contributed by atoms with Gasteiger partial charge in [-0.25, -0.2) is 4.79 Å². The molecule has 0 fully saturated rings. The van der Waals surface area contributed by atoms with Gasteiger partial charge in [0.2, 0.25) is 0 Å². The number of alkyl carbamates (subject to hydrolysis) is 1. The third-order valence-electron chi connectivity index (χ3n) is 5.52. The highest BCUT2D eigenvalue weighted by Gasteiger charge is 2.28. The van der Waals surface area contributed by atoms with Crippen molar-refractivity contribution in [1.82, 2.24) is 5.32 Å². The first kappa shape index (κ1) is 20.4. The minimum Gasteiger partial charge on any atom is -0.449 e. The number of benzene rings is 3. The van der Waals surface area contributed by atoms with Gasteiger partial charge in [0.1, 0.15) is 6.61 Å². The maximum Gasteiger partial charge on any atom is 0.407 e. The zero-order chi connectivity index (χ0) is 21.8. The maximum atomic E-state index is 12.2. The van der Waals surface area contributed by atoms with E-state index < -0.39 is 6.09 Å². The topological polar surface area (TPSA) is 90.4 Å². The van der Waals surface area contributed by atoms with Gasteiger partial charge in [-0.15, -0.1) is 0 Å². The molecule has 5 N–H and O–H groups in total. The summed E-state index contributed by atoms with van der Waals surface area (Å²) in [6.07, 6.45) is 0.0741. The van der Waals surface area contributed by atoms with Crippen molar-refractivity contribution in [2.75, 3.05) is 24.6 Å². The van der Waals surface area contributed by atoms with Crippen molar-refractivity contribution in [3.05, 3.63) is 82.9 Å². The van der Waals surface area contributed by atoms with Crippen LogP contribution in [0.1, 0.15) is 34.6 Å². The first-order valence-corrected chi connectivity index (χ1v) is 10.3. The molecule has 3 aromatic rings. The van der Waals surface area contributed by atoms with E-state index in [0.29, 0.717) is 30.9 Å². The molecule has 0 atom stereocenters. The van der Waals surface area contributed by atoms with Crippen LogP contribution in [0.5, 0.6) is 0 Å². The molecular formula is C26H25N3O2. The van der Waals surface area contributed by atoms with Crippen LogP contribution in [0.3, 0.4) is 0 Å². The predicted molar refractivity (Wildman–Crippen MR) is 125 cm³/mol. The Labute approximate surface area is 182 Å². The molecule has 1 aliphatic rings. The lowest BCUT2D eigenvalue weighted by Gasteiger charge is -2.14. The summed E-state index contributed by atoms with van der Waals surface area (Å²) in [5.41, 5.74) is 19.3. The number of anilines is 2. The third kappa shape index (κ3) is 4.34. The molecule has 5 heteroatoms. The van der Waals surface area contributed by atoms with E-state index in [4.69, 9.17) is 16.2 Å². The second-order valence-electron chi connectivity index (χ2n) is 7.60. The highest BCUT2D eigenvalue weighted by molar-refractivity contribution is 5.79. The van der Waals surface area contributed by atoms with Crippen molar-refractivity contribution in [1.29, 1.82) is 0 Å². The molecule has 4 rings (SSSR count). The molecular weight excluding hydrogens is 386 g/mol. The molecule has 5 nitrogen and oxygen atoms in total. The van der Waals surface area contributed by atoms with E-state index in [9.17, 15) is 4.79 Å². The Morgan fingerprint density at radius 1 is 1.00 bits per heavy atom. The van der Waals surface area contributed by atoms with Crippen LogP contribution in [0.25, 0.3) is 11.1 Å². The number of nitrogens with one attached hydrogen (secondary N) is 1. The monoisotopic (exact) mass is 411 g/mol. The molecule has 0 bridgehead atoms. The summed E-state index contributed by atoms with van der Waals surface area (Å²) in [5.74, 6) is 6.18. The maximum absolute atomic E-state index is 12.2. The van der Waals surface area contributed by atoms with Gasteiger partial charge in [0.25, 0.3) is 0 Å². The molecule has 0 aliphatic heterocycles. The summed E-state index contributed by atoms with van der Waals surface area (Å²) < 4.78 is 5.52. The highest BCUT2D eigenvalue weighted by Crippen LogP contribution is 2.44. The van der Waals surface area contributed by atoms with Crippen LogP contribution in [0.2, 0.25) is 0 Å². The first-order chi connectivity index (χ1) is 15.0. The van der Waals surface area contributed by atoms with E-state index in [-0.39, 0.29) is 5.92 Å². The number of nitrogen functional groups attached to an aromatic ring is 2. The third-order valence-corrected chi connectivity index (χ3v) is 5.52. The summed E-state index contributed by atoms with van der Waals surface area (Å²) in [7, 11) is 0. The van der Waals surface area contributed by atoms with Gasteiger partial charge in [-0.2, -0.15) is 0 Å². The number of rotatable bonds is 4. The molecule has 0 unspecified atom stereocenters. The fourth-order valence-electron chi connectivity index (χ4n) is 3.92. The average molecular weight is 412 g/mol. The Hall–Kier alpha value is -3.91. The van der Waals surface area contributed by atoms with Gasteiger partial charge in [0, 0.05) is 24.4 Å². The average Bonchev–Trinajstić information content (AvgIpc) is 3.09.